The minimum absolute atomic E-state index is 0.106. The second-order valence-electron chi connectivity index (χ2n) is 14.0. The molecule has 0 spiro atoms. The Morgan fingerprint density at radius 3 is 2.62 bits per heavy atom. The summed E-state index contributed by atoms with van der Waals surface area (Å²) in [5.74, 6) is 0.204. The Bertz CT molecular complexity index is 1810. The van der Waals surface area contributed by atoms with E-state index in [-0.39, 0.29) is 12.1 Å². The van der Waals surface area contributed by atoms with E-state index < -0.39 is 0 Å². The lowest BCUT2D eigenvalue weighted by atomic mass is 9.72. The Morgan fingerprint density at radius 1 is 1.06 bits per heavy atom. The predicted octanol–water partition coefficient (Wildman–Crippen LogP) is 8.10. The summed E-state index contributed by atoms with van der Waals surface area (Å²) in [6.45, 7) is 12.3. The first kappa shape index (κ1) is 31.6. The molecule has 4 aromatic rings. The summed E-state index contributed by atoms with van der Waals surface area (Å²) in [5.41, 5.74) is 8.83. The molecule has 2 aromatic carbocycles. The Kier molecular flexibility index (Phi) is 8.66. The molecule has 2 aromatic heterocycles. The van der Waals surface area contributed by atoms with Gasteiger partial charge in [0.2, 0.25) is 5.88 Å². The maximum absolute atomic E-state index is 13.0. The highest BCUT2D eigenvalue weighted by atomic mass is 35.5. The second kappa shape index (κ2) is 12.9. The number of rotatable bonds is 7. The van der Waals surface area contributed by atoms with Crippen molar-refractivity contribution in [1.29, 1.82) is 0 Å². The number of benzene rings is 2. The SMILES string of the molecule is COC(=O)c1ccc(N2CCN(CCC3=C(c4ccc(Cl)cc4)CC(C)(C)CC3)CC2)cc1N1C[C@@H](C)Oc2nc3[nH]ccc3cc21. The van der Waals surface area contributed by atoms with Crippen LogP contribution in [-0.4, -0.2) is 73.3 Å². The lowest BCUT2D eigenvalue weighted by molar-refractivity contribution is 0.0601. The zero-order valence-electron chi connectivity index (χ0n) is 27.8. The van der Waals surface area contributed by atoms with E-state index in [2.05, 4.69) is 63.9 Å². The van der Waals surface area contributed by atoms with E-state index in [1.165, 1.54) is 24.7 Å². The number of hydrogen-bond donors (Lipinski definition) is 1. The number of nitrogens with one attached hydrogen (secondary N) is 1. The molecule has 1 saturated heterocycles. The van der Waals surface area contributed by atoms with Crippen molar-refractivity contribution in [3.05, 3.63) is 82.5 Å². The number of halogens is 1. The number of aromatic nitrogens is 2. The average molecular weight is 654 g/mol. The van der Waals surface area contributed by atoms with Gasteiger partial charge in [0.15, 0.2) is 0 Å². The normalized spacial score (nSPS) is 19.9. The highest BCUT2D eigenvalue weighted by Gasteiger charge is 2.31. The molecule has 1 N–H and O–H groups in total. The molecule has 1 fully saturated rings. The molecule has 1 aliphatic carbocycles. The number of hydrogen-bond acceptors (Lipinski definition) is 7. The third kappa shape index (κ3) is 6.58. The van der Waals surface area contributed by atoms with Crippen molar-refractivity contribution in [3.63, 3.8) is 0 Å². The zero-order valence-corrected chi connectivity index (χ0v) is 28.6. The molecule has 47 heavy (non-hydrogen) atoms. The van der Waals surface area contributed by atoms with Gasteiger partial charge in [-0.05, 0) is 91.6 Å². The van der Waals surface area contributed by atoms with Gasteiger partial charge in [0.05, 0.1) is 24.9 Å². The monoisotopic (exact) mass is 653 g/mol. The molecule has 2 aliphatic heterocycles. The summed E-state index contributed by atoms with van der Waals surface area (Å²) in [6.07, 6.45) is 6.38. The minimum atomic E-state index is -0.355. The second-order valence-corrected chi connectivity index (χ2v) is 14.4. The van der Waals surface area contributed by atoms with Gasteiger partial charge in [-0.3, -0.25) is 4.90 Å². The van der Waals surface area contributed by atoms with E-state index in [4.69, 9.17) is 26.1 Å². The summed E-state index contributed by atoms with van der Waals surface area (Å²) in [5, 5.41) is 1.78. The number of piperazine rings is 1. The van der Waals surface area contributed by atoms with Crippen molar-refractivity contribution in [2.45, 2.75) is 52.6 Å². The number of nitrogens with zero attached hydrogens (tertiary/aromatic N) is 4. The van der Waals surface area contributed by atoms with Gasteiger partial charge in [-0.2, -0.15) is 4.98 Å². The molecule has 246 valence electrons. The Labute approximate surface area is 282 Å². The van der Waals surface area contributed by atoms with Crippen LogP contribution < -0.4 is 14.5 Å². The maximum Gasteiger partial charge on any atom is 0.339 e. The van der Waals surface area contributed by atoms with Crippen LogP contribution in [0, 0.1) is 5.41 Å². The molecular formula is C38H44ClN5O3. The molecule has 0 unspecified atom stereocenters. The van der Waals surface area contributed by atoms with Gasteiger partial charge in [-0.25, -0.2) is 4.79 Å². The number of carbonyl (C=O) groups excluding carboxylic acids is 1. The number of aromatic amines is 1. The first-order valence-corrected chi connectivity index (χ1v) is 17.1. The third-order valence-corrected chi connectivity index (χ3v) is 10.3. The quantitative estimate of drug-likeness (QED) is 0.202. The number of ether oxygens (including phenoxy) is 2. The molecule has 8 nitrogen and oxygen atoms in total. The van der Waals surface area contributed by atoms with Crippen molar-refractivity contribution in [1.82, 2.24) is 14.9 Å². The van der Waals surface area contributed by atoms with Crippen molar-refractivity contribution in [2.75, 3.05) is 56.2 Å². The van der Waals surface area contributed by atoms with Gasteiger partial charge in [0.1, 0.15) is 17.4 Å². The fraction of sp³-hybridized carbons (Fsp3) is 0.421. The fourth-order valence-electron chi connectivity index (χ4n) is 7.36. The molecule has 0 radical (unpaired) electrons. The standard InChI is InChI=1S/C38H44ClN5O3/c1-25-24-44(34-21-28-12-15-40-35(28)41-36(34)47-25)33-22-30(9-10-31(33)37(45)46-4)43-19-17-42(18-20-43)16-13-27-11-14-38(2,3)23-32(27)26-5-7-29(39)8-6-26/h5-10,12,15,21-22,25H,11,13-14,16-20,23-24H2,1-4H3,(H,40,41)/t25-/m1/s1. The summed E-state index contributed by atoms with van der Waals surface area (Å²) in [6, 6.07) is 18.6. The molecule has 0 amide bonds. The van der Waals surface area contributed by atoms with Crippen LogP contribution in [0.3, 0.4) is 0 Å². The van der Waals surface area contributed by atoms with Crippen LogP contribution >= 0.6 is 11.6 Å². The number of pyridine rings is 1. The van der Waals surface area contributed by atoms with Gasteiger partial charge in [0.25, 0.3) is 0 Å². The predicted molar refractivity (Wildman–Crippen MR) is 190 cm³/mol. The third-order valence-electron chi connectivity index (χ3n) is 10.0. The number of anilines is 3. The zero-order chi connectivity index (χ0) is 32.7. The highest BCUT2D eigenvalue weighted by Crippen LogP contribution is 2.45. The molecule has 3 aliphatic rings. The van der Waals surface area contributed by atoms with E-state index in [1.54, 1.807) is 5.57 Å². The lowest BCUT2D eigenvalue weighted by Crippen LogP contribution is -2.46. The van der Waals surface area contributed by atoms with Crippen LogP contribution in [0.1, 0.15) is 62.4 Å². The van der Waals surface area contributed by atoms with Crippen LogP contribution in [-0.2, 0) is 4.74 Å². The largest absolute Gasteiger partial charge is 0.471 e. The summed E-state index contributed by atoms with van der Waals surface area (Å²) < 4.78 is 11.4. The number of methoxy groups -OCH3 is 1. The number of allylic oxidation sites excluding steroid dienone is 1. The average Bonchev–Trinajstić information content (AvgIpc) is 3.53. The van der Waals surface area contributed by atoms with E-state index in [0.29, 0.717) is 23.4 Å². The summed E-state index contributed by atoms with van der Waals surface area (Å²) in [4.78, 5) is 28.1. The van der Waals surface area contributed by atoms with E-state index >= 15 is 0 Å². The fourth-order valence-corrected chi connectivity index (χ4v) is 7.48. The number of esters is 1. The summed E-state index contributed by atoms with van der Waals surface area (Å²) >= 11 is 6.22. The molecule has 1 atom stereocenters. The summed E-state index contributed by atoms with van der Waals surface area (Å²) in [7, 11) is 1.43. The van der Waals surface area contributed by atoms with Crippen LogP contribution in [0.4, 0.5) is 17.1 Å². The molecule has 9 heteroatoms. The van der Waals surface area contributed by atoms with Crippen molar-refractivity contribution < 1.29 is 14.3 Å². The first-order chi connectivity index (χ1) is 22.7. The van der Waals surface area contributed by atoms with Crippen molar-refractivity contribution in [3.8, 4) is 5.88 Å². The molecule has 4 heterocycles. The highest BCUT2D eigenvalue weighted by molar-refractivity contribution is 6.30. The van der Waals surface area contributed by atoms with Crippen LogP contribution in [0.5, 0.6) is 5.88 Å². The van der Waals surface area contributed by atoms with Crippen LogP contribution in [0.15, 0.2) is 66.4 Å². The number of carbonyl (C=O) groups is 1. The Hall–Kier alpha value is -4.01. The lowest BCUT2D eigenvalue weighted by Gasteiger charge is -2.39. The molecule has 0 saturated carbocycles. The van der Waals surface area contributed by atoms with Gasteiger partial charge >= 0.3 is 5.97 Å². The first-order valence-electron chi connectivity index (χ1n) is 16.8. The Balaban J connectivity index is 1.09. The Morgan fingerprint density at radius 2 is 1.85 bits per heavy atom. The van der Waals surface area contributed by atoms with Crippen molar-refractivity contribution in [2.24, 2.45) is 5.41 Å². The van der Waals surface area contributed by atoms with E-state index in [9.17, 15) is 4.79 Å². The van der Waals surface area contributed by atoms with Gasteiger partial charge < -0.3 is 24.3 Å². The van der Waals surface area contributed by atoms with E-state index in [0.717, 1.165) is 85.1 Å². The smallest absolute Gasteiger partial charge is 0.339 e. The van der Waals surface area contributed by atoms with Crippen LogP contribution in [0.25, 0.3) is 16.6 Å². The van der Waals surface area contributed by atoms with Crippen LogP contribution in [0.2, 0.25) is 5.02 Å². The maximum atomic E-state index is 13.0. The molecule has 0 bridgehead atoms. The van der Waals surface area contributed by atoms with Gasteiger partial charge in [-0.15, -0.1) is 0 Å². The molecule has 7 rings (SSSR count). The van der Waals surface area contributed by atoms with Crippen molar-refractivity contribution >= 4 is 51.2 Å². The topological polar surface area (TPSA) is 73.9 Å². The van der Waals surface area contributed by atoms with Gasteiger partial charge in [0, 0.05) is 55.0 Å². The van der Waals surface area contributed by atoms with E-state index in [1.807, 2.05) is 37.4 Å². The van der Waals surface area contributed by atoms with Gasteiger partial charge in [-0.1, -0.05) is 43.2 Å². The molecular weight excluding hydrogens is 610 g/mol. The number of fused-ring (bicyclic) bond motifs is 2. The minimum Gasteiger partial charge on any atom is -0.471 e. The number of H-pyrrole nitrogens is 1.